The van der Waals surface area contributed by atoms with E-state index in [2.05, 4.69) is 37.7 Å². The number of aromatic nitrogens is 2. The Kier molecular flexibility index (Phi) is 4.57. The molecular weight excluding hydrogens is 304 g/mol. The minimum Gasteiger partial charge on any atom is -0.370 e. The summed E-state index contributed by atoms with van der Waals surface area (Å²) in [4.78, 5) is 13.1. The Balaban J connectivity index is 1.29. The molecule has 0 spiro atoms. The van der Waals surface area contributed by atoms with E-state index in [0.717, 1.165) is 24.7 Å². The minimum atomic E-state index is 0.618. The lowest BCUT2D eigenvalue weighted by Gasteiger charge is -2.32. The summed E-state index contributed by atoms with van der Waals surface area (Å²) in [6.07, 6.45) is 7.02. The largest absolute Gasteiger partial charge is 0.370 e. The molecule has 1 saturated heterocycles. The summed E-state index contributed by atoms with van der Waals surface area (Å²) >= 11 is 1.86. The van der Waals surface area contributed by atoms with Crippen molar-refractivity contribution in [1.82, 2.24) is 14.9 Å². The summed E-state index contributed by atoms with van der Waals surface area (Å²) in [7, 11) is 0. The first-order valence-corrected chi connectivity index (χ1v) is 9.56. The third-order valence-electron chi connectivity index (χ3n) is 4.75. The molecular formula is C18H24N4S. The molecule has 1 aliphatic heterocycles. The first-order chi connectivity index (χ1) is 11.4. The van der Waals surface area contributed by atoms with Gasteiger partial charge in [0.1, 0.15) is 11.6 Å². The van der Waals surface area contributed by atoms with Crippen LogP contribution in [-0.2, 0) is 6.54 Å². The normalized spacial score (nSPS) is 22.2. The smallest absolute Gasteiger partial charge is 0.133 e. The standard InChI is InChI=1S/C18H24N4S/c1-3-14(12-22(9-1)13-16-4-2-10-23-16)11-20-17-7-8-19-18(21-17)15-5-6-15/h2,4,7-8,10,14-15H,1,3,5-6,9,11-13H2,(H,19,20,21). The zero-order chi connectivity index (χ0) is 15.5. The number of anilines is 1. The molecule has 0 bridgehead atoms. The summed E-state index contributed by atoms with van der Waals surface area (Å²) in [6.45, 7) is 4.54. The highest BCUT2D eigenvalue weighted by Gasteiger charge is 2.26. The fourth-order valence-corrected chi connectivity index (χ4v) is 4.09. The topological polar surface area (TPSA) is 41.0 Å². The van der Waals surface area contributed by atoms with Crippen LogP contribution >= 0.6 is 11.3 Å². The predicted octanol–water partition coefficient (Wildman–Crippen LogP) is 3.74. The van der Waals surface area contributed by atoms with Crippen molar-refractivity contribution < 1.29 is 0 Å². The van der Waals surface area contributed by atoms with Gasteiger partial charge in [0.25, 0.3) is 0 Å². The number of thiophene rings is 1. The van der Waals surface area contributed by atoms with Crippen molar-refractivity contribution in [2.45, 2.75) is 38.1 Å². The lowest BCUT2D eigenvalue weighted by atomic mass is 9.98. The van der Waals surface area contributed by atoms with Crippen molar-refractivity contribution in [3.05, 3.63) is 40.5 Å². The molecule has 122 valence electrons. The number of likely N-dealkylation sites (tertiary alicyclic amines) is 1. The quantitative estimate of drug-likeness (QED) is 0.877. The van der Waals surface area contributed by atoms with Crippen molar-refractivity contribution in [3.8, 4) is 0 Å². The average Bonchev–Trinajstić information content (AvgIpc) is 3.32. The maximum atomic E-state index is 4.66. The lowest BCUT2D eigenvalue weighted by molar-refractivity contribution is 0.174. The first-order valence-electron chi connectivity index (χ1n) is 8.68. The maximum Gasteiger partial charge on any atom is 0.133 e. The summed E-state index contributed by atoms with van der Waals surface area (Å²) < 4.78 is 0. The molecule has 2 aromatic rings. The van der Waals surface area contributed by atoms with E-state index >= 15 is 0 Å². The molecule has 4 rings (SSSR count). The number of piperidine rings is 1. The molecule has 0 aromatic carbocycles. The third kappa shape index (κ3) is 4.09. The van der Waals surface area contributed by atoms with Crippen molar-refractivity contribution in [3.63, 3.8) is 0 Å². The van der Waals surface area contributed by atoms with Gasteiger partial charge >= 0.3 is 0 Å². The van der Waals surface area contributed by atoms with Gasteiger partial charge in [-0.05, 0) is 55.7 Å². The number of nitrogens with zero attached hydrogens (tertiary/aromatic N) is 3. The van der Waals surface area contributed by atoms with Gasteiger partial charge < -0.3 is 5.32 Å². The molecule has 1 aliphatic carbocycles. The van der Waals surface area contributed by atoms with E-state index < -0.39 is 0 Å². The maximum absolute atomic E-state index is 4.66. The van der Waals surface area contributed by atoms with E-state index in [-0.39, 0.29) is 0 Å². The van der Waals surface area contributed by atoms with Crippen LogP contribution in [0.5, 0.6) is 0 Å². The molecule has 1 N–H and O–H groups in total. The van der Waals surface area contributed by atoms with Crippen LogP contribution in [0.1, 0.15) is 42.3 Å². The molecule has 2 fully saturated rings. The molecule has 3 heterocycles. The monoisotopic (exact) mass is 328 g/mol. The molecule has 2 aliphatic rings. The molecule has 1 saturated carbocycles. The fourth-order valence-electron chi connectivity index (χ4n) is 3.34. The van der Waals surface area contributed by atoms with E-state index in [1.165, 1.54) is 43.6 Å². The second-order valence-electron chi connectivity index (χ2n) is 6.78. The van der Waals surface area contributed by atoms with Crippen LogP contribution in [0.4, 0.5) is 5.82 Å². The molecule has 1 atom stereocenters. The lowest BCUT2D eigenvalue weighted by Crippen LogP contribution is -2.37. The molecule has 2 aromatic heterocycles. The van der Waals surface area contributed by atoms with E-state index in [1.807, 2.05) is 23.6 Å². The van der Waals surface area contributed by atoms with Crippen LogP contribution in [0.25, 0.3) is 0 Å². The molecule has 0 radical (unpaired) electrons. The van der Waals surface area contributed by atoms with Gasteiger partial charge in [-0.15, -0.1) is 11.3 Å². The Bertz CT molecular complexity index is 624. The number of hydrogen-bond donors (Lipinski definition) is 1. The highest BCUT2D eigenvalue weighted by Crippen LogP contribution is 2.38. The second-order valence-corrected chi connectivity index (χ2v) is 7.81. The highest BCUT2D eigenvalue weighted by molar-refractivity contribution is 7.09. The molecule has 0 amide bonds. The molecule has 1 unspecified atom stereocenters. The number of nitrogens with one attached hydrogen (secondary N) is 1. The number of rotatable bonds is 6. The van der Waals surface area contributed by atoms with Crippen LogP contribution in [0.15, 0.2) is 29.8 Å². The van der Waals surface area contributed by atoms with Crippen LogP contribution in [0.3, 0.4) is 0 Å². The third-order valence-corrected chi connectivity index (χ3v) is 5.61. The van der Waals surface area contributed by atoms with Crippen molar-refractivity contribution in [2.75, 3.05) is 25.0 Å². The Morgan fingerprint density at radius 1 is 1.26 bits per heavy atom. The predicted molar refractivity (Wildman–Crippen MR) is 94.8 cm³/mol. The van der Waals surface area contributed by atoms with Crippen LogP contribution < -0.4 is 5.32 Å². The van der Waals surface area contributed by atoms with Gasteiger partial charge in [0.05, 0.1) is 0 Å². The summed E-state index contributed by atoms with van der Waals surface area (Å²) in [5, 5.41) is 5.71. The Labute approximate surface area is 142 Å². The molecule has 23 heavy (non-hydrogen) atoms. The van der Waals surface area contributed by atoms with Gasteiger partial charge in [-0.3, -0.25) is 4.90 Å². The van der Waals surface area contributed by atoms with E-state index in [9.17, 15) is 0 Å². The SMILES string of the molecule is c1csc(CN2CCCC(CNc3ccnc(C4CC4)n3)C2)c1. The van der Waals surface area contributed by atoms with Crippen LogP contribution in [0, 0.1) is 5.92 Å². The Hall–Kier alpha value is -1.46. The molecule has 5 heteroatoms. The number of hydrogen-bond acceptors (Lipinski definition) is 5. The summed E-state index contributed by atoms with van der Waals surface area (Å²) in [5.74, 6) is 3.35. The van der Waals surface area contributed by atoms with Crippen LogP contribution in [-0.4, -0.2) is 34.5 Å². The summed E-state index contributed by atoms with van der Waals surface area (Å²) in [6, 6.07) is 6.39. The van der Waals surface area contributed by atoms with E-state index in [0.29, 0.717) is 11.8 Å². The molecule has 4 nitrogen and oxygen atoms in total. The zero-order valence-electron chi connectivity index (χ0n) is 13.4. The van der Waals surface area contributed by atoms with E-state index in [4.69, 9.17) is 0 Å². The first kappa shape index (κ1) is 15.1. The van der Waals surface area contributed by atoms with Gasteiger partial charge in [0, 0.05) is 36.6 Å². The highest BCUT2D eigenvalue weighted by atomic mass is 32.1. The summed E-state index contributed by atoms with van der Waals surface area (Å²) in [5.41, 5.74) is 0. The second kappa shape index (κ2) is 6.97. The van der Waals surface area contributed by atoms with Gasteiger partial charge in [-0.1, -0.05) is 6.07 Å². The van der Waals surface area contributed by atoms with Gasteiger partial charge in [-0.25, -0.2) is 9.97 Å². The van der Waals surface area contributed by atoms with Crippen molar-refractivity contribution in [2.24, 2.45) is 5.92 Å². The van der Waals surface area contributed by atoms with Gasteiger partial charge in [0.15, 0.2) is 0 Å². The fraction of sp³-hybridized carbons (Fsp3) is 0.556. The van der Waals surface area contributed by atoms with Crippen molar-refractivity contribution >= 4 is 17.2 Å². The van der Waals surface area contributed by atoms with Crippen LogP contribution in [0.2, 0.25) is 0 Å². The van der Waals surface area contributed by atoms with Crippen molar-refractivity contribution in [1.29, 1.82) is 0 Å². The minimum absolute atomic E-state index is 0.618. The Morgan fingerprint density at radius 3 is 3.04 bits per heavy atom. The Morgan fingerprint density at radius 2 is 2.22 bits per heavy atom. The van der Waals surface area contributed by atoms with Gasteiger partial charge in [-0.2, -0.15) is 0 Å². The average molecular weight is 328 g/mol. The van der Waals surface area contributed by atoms with Gasteiger partial charge in [0.2, 0.25) is 0 Å². The van der Waals surface area contributed by atoms with E-state index in [1.54, 1.807) is 0 Å². The zero-order valence-corrected chi connectivity index (χ0v) is 14.3.